The van der Waals surface area contributed by atoms with Crippen LogP contribution in [0.25, 0.3) is 16.6 Å². The number of anilines is 1. The zero-order valence-electron chi connectivity index (χ0n) is 15.1. The lowest BCUT2D eigenvalue weighted by atomic mass is 10.1. The summed E-state index contributed by atoms with van der Waals surface area (Å²) in [5.41, 5.74) is 4.04. The fraction of sp³-hybridized carbons (Fsp3) is 0.143. The van der Waals surface area contributed by atoms with Crippen molar-refractivity contribution in [1.82, 2.24) is 19.5 Å². The first kappa shape index (κ1) is 15.7. The molecule has 0 spiro atoms. The van der Waals surface area contributed by atoms with Crippen molar-refractivity contribution in [2.75, 3.05) is 5.32 Å². The van der Waals surface area contributed by atoms with Crippen LogP contribution in [0.15, 0.2) is 60.0 Å². The van der Waals surface area contributed by atoms with Crippen molar-refractivity contribution in [3.63, 3.8) is 0 Å². The average molecular weight is 354 g/mol. The highest BCUT2D eigenvalue weighted by Gasteiger charge is 2.17. The molecule has 1 aliphatic rings. The summed E-state index contributed by atoms with van der Waals surface area (Å²) in [6, 6.07) is 12.3. The van der Waals surface area contributed by atoms with Gasteiger partial charge in [-0.2, -0.15) is 0 Å². The molecule has 27 heavy (non-hydrogen) atoms. The topological polar surface area (TPSA) is 68.0 Å². The Bertz CT molecular complexity index is 1200. The second kappa shape index (κ2) is 6.02. The number of aryl methyl sites for hydroxylation is 2. The fourth-order valence-electron chi connectivity index (χ4n) is 3.52. The summed E-state index contributed by atoms with van der Waals surface area (Å²) in [4.78, 5) is 18.1. The summed E-state index contributed by atoms with van der Waals surface area (Å²) < 4.78 is 2.03. The Morgan fingerprint density at radius 3 is 2.81 bits per heavy atom. The molecule has 0 fully saturated rings. The van der Waals surface area contributed by atoms with Gasteiger partial charge >= 0.3 is 0 Å². The fourth-order valence-corrected chi connectivity index (χ4v) is 3.52. The van der Waals surface area contributed by atoms with Gasteiger partial charge in [0, 0.05) is 35.2 Å². The van der Waals surface area contributed by atoms with Gasteiger partial charge < -0.3 is 5.32 Å². The molecule has 6 heteroatoms. The van der Waals surface area contributed by atoms with Gasteiger partial charge in [0.15, 0.2) is 5.84 Å². The van der Waals surface area contributed by atoms with Gasteiger partial charge in [0.1, 0.15) is 17.3 Å². The van der Waals surface area contributed by atoms with E-state index in [1.165, 1.54) is 0 Å². The maximum atomic E-state index is 4.58. The van der Waals surface area contributed by atoms with E-state index in [1.807, 2.05) is 42.9 Å². The van der Waals surface area contributed by atoms with Crippen LogP contribution in [0, 0.1) is 13.8 Å². The predicted octanol–water partition coefficient (Wildman–Crippen LogP) is 3.80. The monoisotopic (exact) mass is 354 g/mol. The molecule has 1 aromatic carbocycles. The number of hydrogen-bond donors (Lipinski definition) is 1. The number of pyridine rings is 2. The Kier molecular flexibility index (Phi) is 3.50. The van der Waals surface area contributed by atoms with E-state index in [0.717, 1.165) is 50.9 Å². The van der Waals surface area contributed by atoms with Gasteiger partial charge in [-0.3, -0.25) is 14.5 Å². The van der Waals surface area contributed by atoms with Gasteiger partial charge in [-0.1, -0.05) is 6.07 Å². The molecule has 5 rings (SSSR count). The first-order valence-corrected chi connectivity index (χ1v) is 8.86. The van der Waals surface area contributed by atoms with E-state index in [4.69, 9.17) is 0 Å². The largest absolute Gasteiger partial charge is 0.339 e. The van der Waals surface area contributed by atoms with Gasteiger partial charge in [0.05, 0.1) is 12.2 Å². The van der Waals surface area contributed by atoms with Gasteiger partial charge in [-0.25, -0.2) is 9.97 Å². The number of amidine groups is 1. The number of fused-ring (bicyclic) bond motifs is 2. The number of aromatic nitrogens is 4. The molecule has 4 heterocycles. The summed E-state index contributed by atoms with van der Waals surface area (Å²) in [6.07, 6.45) is 5.65. The maximum Gasteiger partial charge on any atom is 0.152 e. The Balaban J connectivity index is 1.53. The average Bonchev–Trinajstić information content (AvgIpc) is 3.24. The van der Waals surface area contributed by atoms with Crippen LogP contribution in [0.4, 0.5) is 5.69 Å². The number of nitrogens with zero attached hydrogens (tertiary/aromatic N) is 5. The van der Waals surface area contributed by atoms with Crippen molar-refractivity contribution in [2.24, 2.45) is 4.99 Å². The second-order valence-electron chi connectivity index (χ2n) is 6.67. The zero-order chi connectivity index (χ0) is 18.4. The van der Waals surface area contributed by atoms with Crippen LogP contribution >= 0.6 is 0 Å². The maximum absolute atomic E-state index is 4.58. The summed E-state index contributed by atoms with van der Waals surface area (Å²) in [5, 5.41) is 5.60. The van der Waals surface area contributed by atoms with Crippen molar-refractivity contribution in [3.8, 4) is 5.82 Å². The number of benzene rings is 1. The standard InChI is InChI=1S/C21H18N6/c1-13-12-27(14(2)25-13)21-18-6-5-17(10-15(18)7-9-23-21)26-20-19-16(11-24-20)4-3-8-22-19/h3-10,12H,11H2,1-2H3,(H,24,26). The molecule has 0 saturated carbocycles. The number of rotatable bonds is 2. The van der Waals surface area contributed by atoms with Gasteiger partial charge in [0.25, 0.3) is 0 Å². The molecule has 0 amide bonds. The molecule has 6 nitrogen and oxygen atoms in total. The molecule has 0 saturated heterocycles. The lowest BCUT2D eigenvalue weighted by Gasteiger charge is -2.11. The molecule has 0 radical (unpaired) electrons. The minimum absolute atomic E-state index is 0.673. The van der Waals surface area contributed by atoms with Crippen molar-refractivity contribution in [3.05, 3.63) is 77.8 Å². The molecule has 0 aliphatic carbocycles. The Labute approximate surface area is 156 Å². The number of hydrogen-bond acceptors (Lipinski definition) is 5. The predicted molar refractivity (Wildman–Crippen MR) is 106 cm³/mol. The lowest BCUT2D eigenvalue weighted by molar-refractivity contribution is 0.943. The van der Waals surface area contributed by atoms with Gasteiger partial charge in [-0.05, 0) is 49.6 Å². The van der Waals surface area contributed by atoms with E-state index < -0.39 is 0 Å². The first-order valence-electron chi connectivity index (χ1n) is 8.86. The number of imidazole rings is 1. The molecule has 0 unspecified atom stereocenters. The SMILES string of the molecule is Cc1cn(-c2nccc3cc(NC4=NCc5cccnc54)ccc23)c(C)n1. The first-order chi connectivity index (χ1) is 13.2. The van der Waals surface area contributed by atoms with Gasteiger partial charge in [-0.15, -0.1) is 0 Å². The number of nitrogens with one attached hydrogen (secondary N) is 1. The van der Waals surface area contributed by atoms with Crippen molar-refractivity contribution < 1.29 is 0 Å². The van der Waals surface area contributed by atoms with Crippen molar-refractivity contribution in [2.45, 2.75) is 20.4 Å². The van der Waals surface area contributed by atoms with Crippen LogP contribution in [0.1, 0.15) is 22.8 Å². The van der Waals surface area contributed by atoms with Crippen LogP contribution < -0.4 is 5.32 Å². The molecule has 3 aromatic heterocycles. The molecular weight excluding hydrogens is 336 g/mol. The highest BCUT2D eigenvalue weighted by molar-refractivity contribution is 6.10. The third-order valence-electron chi connectivity index (χ3n) is 4.76. The smallest absolute Gasteiger partial charge is 0.152 e. The molecule has 1 N–H and O–H groups in total. The van der Waals surface area contributed by atoms with Crippen molar-refractivity contribution in [1.29, 1.82) is 0 Å². The third-order valence-corrected chi connectivity index (χ3v) is 4.76. The van der Waals surface area contributed by atoms with Crippen LogP contribution in [-0.2, 0) is 6.54 Å². The van der Waals surface area contributed by atoms with Crippen LogP contribution in [0.3, 0.4) is 0 Å². The third kappa shape index (κ3) is 2.66. The van der Waals surface area contributed by atoms with E-state index in [9.17, 15) is 0 Å². The van der Waals surface area contributed by atoms with E-state index in [2.05, 4.69) is 49.5 Å². The minimum Gasteiger partial charge on any atom is -0.339 e. The quantitative estimate of drug-likeness (QED) is 0.594. The highest BCUT2D eigenvalue weighted by Crippen LogP contribution is 2.26. The molecule has 4 aromatic rings. The second-order valence-corrected chi connectivity index (χ2v) is 6.67. The summed E-state index contributed by atoms with van der Waals surface area (Å²) in [7, 11) is 0. The normalized spacial score (nSPS) is 12.9. The Morgan fingerprint density at radius 1 is 1.04 bits per heavy atom. The van der Waals surface area contributed by atoms with Crippen LogP contribution in [0.2, 0.25) is 0 Å². The number of aliphatic imine (C=N–C) groups is 1. The summed E-state index contributed by atoms with van der Waals surface area (Å²) in [6.45, 7) is 4.66. The summed E-state index contributed by atoms with van der Waals surface area (Å²) in [5.74, 6) is 2.64. The molecular formula is C21H18N6. The van der Waals surface area contributed by atoms with E-state index in [1.54, 1.807) is 6.20 Å². The van der Waals surface area contributed by atoms with E-state index >= 15 is 0 Å². The van der Waals surface area contributed by atoms with E-state index in [0.29, 0.717) is 6.54 Å². The van der Waals surface area contributed by atoms with Gasteiger partial charge in [0.2, 0.25) is 0 Å². The van der Waals surface area contributed by atoms with Crippen LogP contribution in [0.5, 0.6) is 0 Å². The highest BCUT2D eigenvalue weighted by atomic mass is 15.1. The Morgan fingerprint density at radius 2 is 1.96 bits per heavy atom. The summed E-state index contributed by atoms with van der Waals surface area (Å²) >= 11 is 0. The molecule has 0 bridgehead atoms. The van der Waals surface area contributed by atoms with E-state index in [-0.39, 0.29) is 0 Å². The molecule has 0 atom stereocenters. The zero-order valence-corrected chi connectivity index (χ0v) is 15.1. The minimum atomic E-state index is 0.673. The molecule has 1 aliphatic heterocycles. The Hall–Kier alpha value is -3.54. The molecule has 132 valence electrons. The lowest BCUT2D eigenvalue weighted by Crippen LogP contribution is -2.13. The van der Waals surface area contributed by atoms with Crippen LogP contribution in [-0.4, -0.2) is 25.4 Å². The van der Waals surface area contributed by atoms with Crippen molar-refractivity contribution >= 4 is 22.3 Å².